The molecule has 0 spiro atoms. The first-order valence-electron chi connectivity index (χ1n) is 11.2. The van der Waals surface area contributed by atoms with Crippen molar-refractivity contribution in [2.45, 2.75) is 30.5 Å². The van der Waals surface area contributed by atoms with Gasteiger partial charge in [0.2, 0.25) is 0 Å². The molecule has 33 heavy (non-hydrogen) atoms. The minimum Gasteiger partial charge on any atom is -0.492 e. The molecule has 0 amide bonds. The third kappa shape index (κ3) is 6.94. The van der Waals surface area contributed by atoms with E-state index in [0.717, 1.165) is 38.2 Å². The van der Waals surface area contributed by atoms with Crippen LogP contribution < -0.4 is 20.5 Å². The van der Waals surface area contributed by atoms with Crippen LogP contribution >= 0.6 is 23.2 Å². The zero-order valence-corrected chi connectivity index (χ0v) is 20.0. The SMILES string of the molecule is NC(COc1ccc(Cl)cc1)CN1CCC(NCC2(Oc3ccc(Cl)c(F)c3)COC2)CC1. The number of likely N-dealkylation sites (tertiary alicyclic amines) is 1. The van der Waals surface area contributed by atoms with Gasteiger partial charge in [0.05, 0.1) is 24.3 Å². The van der Waals surface area contributed by atoms with Gasteiger partial charge >= 0.3 is 0 Å². The highest BCUT2D eigenvalue weighted by molar-refractivity contribution is 6.30. The van der Waals surface area contributed by atoms with Gasteiger partial charge in [-0.25, -0.2) is 4.39 Å². The molecule has 0 saturated carbocycles. The van der Waals surface area contributed by atoms with E-state index in [9.17, 15) is 4.39 Å². The predicted octanol–water partition coefficient (Wildman–Crippen LogP) is 3.74. The fourth-order valence-electron chi connectivity index (χ4n) is 4.09. The second-order valence-corrected chi connectivity index (χ2v) is 9.68. The highest BCUT2D eigenvalue weighted by Crippen LogP contribution is 2.28. The molecular weight excluding hydrogens is 468 g/mol. The van der Waals surface area contributed by atoms with E-state index in [4.69, 9.17) is 43.1 Å². The number of nitrogens with two attached hydrogens (primary N) is 1. The van der Waals surface area contributed by atoms with E-state index in [1.165, 1.54) is 12.1 Å². The van der Waals surface area contributed by atoms with Crippen LogP contribution in [0, 0.1) is 5.82 Å². The van der Waals surface area contributed by atoms with Crippen LogP contribution in [0.3, 0.4) is 0 Å². The van der Waals surface area contributed by atoms with Gasteiger partial charge in [0, 0.05) is 30.2 Å². The van der Waals surface area contributed by atoms with Crippen molar-refractivity contribution in [3.63, 3.8) is 0 Å². The fourth-order valence-corrected chi connectivity index (χ4v) is 4.33. The lowest BCUT2D eigenvalue weighted by Gasteiger charge is -2.43. The summed E-state index contributed by atoms with van der Waals surface area (Å²) >= 11 is 11.7. The molecule has 2 heterocycles. The predicted molar refractivity (Wildman–Crippen MR) is 128 cm³/mol. The first-order valence-corrected chi connectivity index (χ1v) is 12.0. The van der Waals surface area contributed by atoms with Gasteiger partial charge < -0.3 is 30.2 Å². The summed E-state index contributed by atoms with van der Waals surface area (Å²) in [6, 6.07) is 12.1. The summed E-state index contributed by atoms with van der Waals surface area (Å²) in [6.45, 7) is 4.81. The smallest absolute Gasteiger partial charge is 0.167 e. The van der Waals surface area contributed by atoms with Gasteiger partial charge in [-0.1, -0.05) is 23.2 Å². The number of piperidine rings is 1. The Hall–Kier alpha value is -1.61. The molecular formula is C24H30Cl2FN3O3. The van der Waals surface area contributed by atoms with Crippen molar-refractivity contribution in [3.8, 4) is 11.5 Å². The molecule has 0 bridgehead atoms. The number of nitrogens with zero attached hydrogens (tertiary/aromatic N) is 1. The number of halogens is 3. The highest BCUT2D eigenvalue weighted by atomic mass is 35.5. The monoisotopic (exact) mass is 497 g/mol. The van der Waals surface area contributed by atoms with Gasteiger partial charge in [-0.05, 0) is 62.3 Å². The van der Waals surface area contributed by atoms with Gasteiger partial charge in [0.1, 0.15) is 23.9 Å². The topological polar surface area (TPSA) is 69.0 Å². The number of rotatable bonds is 10. The van der Waals surface area contributed by atoms with Crippen LogP contribution in [0.4, 0.5) is 4.39 Å². The highest BCUT2D eigenvalue weighted by Gasteiger charge is 2.41. The number of hydrogen-bond donors (Lipinski definition) is 2. The second kappa shape index (κ2) is 11.2. The maximum Gasteiger partial charge on any atom is 0.167 e. The summed E-state index contributed by atoms with van der Waals surface area (Å²) in [6.07, 6.45) is 2.05. The van der Waals surface area contributed by atoms with E-state index < -0.39 is 11.4 Å². The second-order valence-electron chi connectivity index (χ2n) is 8.83. The van der Waals surface area contributed by atoms with E-state index in [-0.39, 0.29) is 11.1 Å². The lowest BCUT2D eigenvalue weighted by atomic mass is 9.99. The van der Waals surface area contributed by atoms with Crippen LogP contribution in [0.15, 0.2) is 42.5 Å². The summed E-state index contributed by atoms with van der Waals surface area (Å²) in [4.78, 5) is 2.38. The number of hydrogen-bond acceptors (Lipinski definition) is 6. The van der Waals surface area contributed by atoms with Crippen LogP contribution in [0.1, 0.15) is 12.8 Å². The largest absolute Gasteiger partial charge is 0.492 e. The third-order valence-corrected chi connectivity index (χ3v) is 6.59. The Morgan fingerprint density at radius 2 is 1.82 bits per heavy atom. The summed E-state index contributed by atoms with van der Waals surface area (Å²) < 4.78 is 31.0. The Bertz CT molecular complexity index is 906. The van der Waals surface area contributed by atoms with Crippen LogP contribution in [0.5, 0.6) is 11.5 Å². The van der Waals surface area contributed by atoms with Crippen LogP contribution in [-0.2, 0) is 4.74 Å². The quantitative estimate of drug-likeness (QED) is 0.521. The van der Waals surface area contributed by atoms with E-state index >= 15 is 0 Å². The first-order chi connectivity index (χ1) is 15.9. The Labute approximate surface area is 204 Å². The molecule has 0 radical (unpaired) electrons. The first kappa shape index (κ1) is 24.5. The molecule has 2 aromatic rings. The van der Waals surface area contributed by atoms with Crippen molar-refractivity contribution in [3.05, 3.63) is 58.3 Å². The molecule has 4 rings (SSSR count). The molecule has 2 saturated heterocycles. The van der Waals surface area contributed by atoms with Crippen molar-refractivity contribution in [2.75, 3.05) is 46.0 Å². The van der Waals surface area contributed by atoms with Gasteiger partial charge in [-0.15, -0.1) is 0 Å². The average Bonchev–Trinajstić information content (AvgIpc) is 2.78. The summed E-state index contributed by atoms with van der Waals surface area (Å²) in [7, 11) is 0. The Balaban J connectivity index is 1.16. The van der Waals surface area contributed by atoms with Crippen molar-refractivity contribution in [2.24, 2.45) is 5.73 Å². The lowest BCUT2D eigenvalue weighted by molar-refractivity contribution is -0.159. The number of benzene rings is 2. The number of ether oxygens (including phenoxy) is 3. The van der Waals surface area contributed by atoms with Gasteiger partial charge in [0.25, 0.3) is 0 Å². The molecule has 1 atom stereocenters. The van der Waals surface area contributed by atoms with Crippen LogP contribution in [0.2, 0.25) is 10.0 Å². The Morgan fingerprint density at radius 3 is 2.45 bits per heavy atom. The van der Waals surface area contributed by atoms with Gasteiger partial charge in [-0.3, -0.25) is 0 Å². The van der Waals surface area contributed by atoms with Crippen LogP contribution in [-0.4, -0.2) is 68.6 Å². The standard InChI is InChI=1S/C24H30Cl2FN3O3/c25-17-1-3-20(4-2-17)32-13-18(28)12-30-9-7-19(8-10-30)29-14-24(15-31-16-24)33-21-5-6-22(26)23(27)11-21/h1-6,11,18-19,29H,7-10,12-16,28H2. The minimum atomic E-state index is -0.485. The Morgan fingerprint density at radius 1 is 1.12 bits per heavy atom. The van der Waals surface area contributed by atoms with Crippen molar-refractivity contribution in [1.82, 2.24) is 10.2 Å². The molecule has 2 aliphatic heterocycles. The number of nitrogens with one attached hydrogen (secondary N) is 1. The molecule has 1 unspecified atom stereocenters. The minimum absolute atomic E-state index is 0.0613. The molecule has 2 fully saturated rings. The van der Waals surface area contributed by atoms with Gasteiger partial charge in [-0.2, -0.15) is 0 Å². The van der Waals surface area contributed by atoms with Crippen LogP contribution in [0.25, 0.3) is 0 Å². The summed E-state index contributed by atoms with van der Waals surface area (Å²) in [5.74, 6) is 0.753. The molecule has 9 heteroatoms. The Kier molecular flexibility index (Phi) is 8.33. The lowest BCUT2D eigenvalue weighted by Crippen LogP contribution is -2.62. The molecule has 0 aromatic heterocycles. The van der Waals surface area contributed by atoms with Crippen molar-refractivity contribution >= 4 is 23.2 Å². The zero-order valence-electron chi connectivity index (χ0n) is 18.4. The summed E-state index contributed by atoms with van der Waals surface area (Å²) in [5, 5.41) is 4.39. The molecule has 0 aliphatic carbocycles. The fraction of sp³-hybridized carbons (Fsp3) is 0.500. The van der Waals surface area contributed by atoms with E-state index in [2.05, 4.69) is 10.2 Å². The summed E-state index contributed by atoms with van der Waals surface area (Å²) in [5.41, 5.74) is 5.80. The van der Waals surface area contributed by atoms with E-state index in [0.29, 0.717) is 43.2 Å². The van der Waals surface area contributed by atoms with Crippen molar-refractivity contribution < 1.29 is 18.6 Å². The normalized spacial score (nSPS) is 19.6. The maximum absolute atomic E-state index is 13.7. The molecule has 6 nitrogen and oxygen atoms in total. The van der Waals surface area contributed by atoms with Crippen molar-refractivity contribution in [1.29, 1.82) is 0 Å². The molecule has 2 aromatic carbocycles. The average molecular weight is 498 g/mol. The maximum atomic E-state index is 13.7. The van der Waals surface area contributed by atoms with E-state index in [1.807, 2.05) is 12.1 Å². The van der Waals surface area contributed by atoms with Gasteiger partial charge in [0.15, 0.2) is 5.60 Å². The molecule has 2 aliphatic rings. The molecule has 180 valence electrons. The third-order valence-electron chi connectivity index (χ3n) is 6.03. The van der Waals surface area contributed by atoms with E-state index in [1.54, 1.807) is 18.2 Å². The molecule has 3 N–H and O–H groups in total. The zero-order chi connectivity index (χ0) is 23.3.